The molecule has 1 N–H and O–H groups in total. The van der Waals surface area contributed by atoms with Crippen LogP contribution in [0.4, 0.5) is 0 Å². The van der Waals surface area contributed by atoms with Gasteiger partial charge in [-0.05, 0) is 45.2 Å². The molecule has 0 spiro atoms. The van der Waals surface area contributed by atoms with Crippen molar-refractivity contribution in [3.8, 4) is 11.5 Å². The number of hydrogen-bond donors (Lipinski definition) is 1. The van der Waals surface area contributed by atoms with E-state index in [0.29, 0.717) is 19.0 Å². The van der Waals surface area contributed by atoms with Crippen LogP contribution in [0.2, 0.25) is 0 Å². The second kappa shape index (κ2) is 7.14. The van der Waals surface area contributed by atoms with Crippen LogP contribution in [0.1, 0.15) is 45.6 Å². The Labute approximate surface area is 127 Å². The van der Waals surface area contributed by atoms with Gasteiger partial charge in [-0.25, -0.2) is 0 Å². The molecule has 21 heavy (non-hydrogen) atoms. The van der Waals surface area contributed by atoms with E-state index in [-0.39, 0.29) is 18.3 Å². The van der Waals surface area contributed by atoms with Gasteiger partial charge in [-0.3, -0.25) is 0 Å². The normalized spacial score (nSPS) is 20.5. The Hall–Kier alpha value is -1.26. The van der Waals surface area contributed by atoms with Crippen molar-refractivity contribution in [2.45, 2.75) is 58.3 Å². The van der Waals surface area contributed by atoms with Crippen molar-refractivity contribution in [3.63, 3.8) is 0 Å². The summed E-state index contributed by atoms with van der Waals surface area (Å²) in [4.78, 5) is 0. The fourth-order valence-corrected chi connectivity index (χ4v) is 2.49. The molecular formula is C17H26O4. The van der Waals surface area contributed by atoms with E-state index in [1.54, 1.807) is 0 Å². The molecule has 0 amide bonds. The zero-order valence-electron chi connectivity index (χ0n) is 13.2. The number of benzene rings is 1. The smallest absolute Gasteiger partial charge is 0.128 e. The molecule has 1 heterocycles. The van der Waals surface area contributed by atoms with Gasteiger partial charge in [0.15, 0.2) is 0 Å². The van der Waals surface area contributed by atoms with Gasteiger partial charge in [-0.2, -0.15) is 0 Å². The van der Waals surface area contributed by atoms with Crippen LogP contribution in [0.3, 0.4) is 0 Å². The van der Waals surface area contributed by atoms with Gasteiger partial charge in [0, 0.05) is 11.6 Å². The van der Waals surface area contributed by atoms with Crippen LogP contribution in [0.25, 0.3) is 0 Å². The molecule has 1 saturated heterocycles. The Morgan fingerprint density at radius 3 is 2.76 bits per heavy atom. The molecule has 118 valence electrons. The van der Waals surface area contributed by atoms with Crippen LogP contribution in [0.5, 0.6) is 11.5 Å². The molecule has 0 radical (unpaired) electrons. The molecule has 2 rings (SSSR count). The lowest BCUT2D eigenvalue weighted by Gasteiger charge is -2.20. The van der Waals surface area contributed by atoms with Gasteiger partial charge in [0.2, 0.25) is 0 Å². The molecule has 0 aromatic heterocycles. The first kappa shape index (κ1) is 16.1. The fraction of sp³-hybridized carbons (Fsp3) is 0.647. The Balaban J connectivity index is 1.97. The molecule has 1 aliphatic rings. The maximum Gasteiger partial charge on any atom is 0.128 e. The van der Waals surface area contributed by atoms with E-state index in [9.17, 15) is 5.11 Å². The van der Waals surface area contributed by atoms with Gasteiger partial charge in [-0.1, -0.05) is 6.92 Å². The second-order valence-electron chi connectivity index (χ2n) is 6.13. The monoisotopic (exact) mass is 294 g/mol. The summed E-state index contributed by atoms with van der Waals surface area (Å²) in [5, 5.41) is 9.41. The number of aliphatic hydroxyl groups is 1. The largest absolute Gasteiger partial charge is 0.493 e. The standard InChI is InChI=1S/C17H26O4/c1-4-9-19-14-6-5-13(11-18)16(10-14)20-12-15-7-8-17(2,3)21-15/h5-6,10,15,18H,4,7-9,11-12H2,1-3H3. The molecule has 0 aliphatic carbocycles. The van der Waals surface area contributed by atoms with Gasteiger partial charge < -0.3 is 19.3 Å². The van der Waals surface area contributed by atoms with Crippen molar-refractivity contribution in [2.24, 2.45) is 0 Å². The van der Waals surface area contributed by atoms with Crippen LogP contribution in [0, 0.1) is 0 Å². The summed E-state index contributed by atoms with van der Waals surface area (Å²) >= 11 is 0. The van der Waals surface area contributed by atoms with E-state index >= 15 is 0 Å². The molecule has 1 aromatic carbocycles. The third-order valence-electron chi connectivity index (χ3n) is 3.66. The molecule has 1 aromatic rings. The van der Waals surface area contributed by atoms with E-state index in [1.807, 2.05) is 18.2 Å². The summed E-state index contributed by atoms with van der Waals surface area (Å²) in [6, 6.07) is 5.56. The number of hydrogen-bond acceptors (Lipinski definition) is 4. The lowest BCUT2D eigenvalue weighted by molar-refractivity contribution is -0.0329. The highest BCUT2D eigenvalue weighted by Crippen LogP contribution is 2.31. The van der Waals surface area contributed by atoms with Crippen molar-refractivity contribution in [1.29, 1.82) is 0 Å². The fourth-order valence-electron chi connectivity index (χ4n) is 2.49. The van der Waals surface area contributed by atoms with Crippen molar-refractivity contribution >= 4 is 0 Å². The SMILES string of the molecule is CCCOc1ccc(CO)c(OCC2CCC(C)(C)O2)c1. The van der Waals surface area contributed by atoms with Crippen molar-refractivity contribution in [1.82, 2.24) is 0 Å². The number of aliphatic hydroxyl groups excluding tert-OH is 1. The first-order chi connectivity index (χ1) is 10.0. The maximum absolute atomic E-state index is 9.41. The summed E-state index contributed by atoms with van der Waals surface area (Å²) in [6.45, 7) is 7.42. The molecule has 4 heteroatoms. The van der Waals surface area contributed by atoms with Crippen LogP contribution in [-0.2, 0) is 11.3 Å². The van der Waals surface area contributed by atoms with E-state index in [4.69, 9.17) is 14.2 Å². The Kier molecular flexibility index (Phi) is 5.48. The quantitative estimate of drug-likeness (QED) is 0.838. The van der Waals surface area contributed by atoms with Gasteiger partial charge in [0.05, 0.1) is 24.9 Å². The highest BCUT2D eigenvalue weighted by atomic mass is 16.6. The average Bonchev–Trinajstić information content (AvgIpc) is 2.82. The van der Waals surface area contributed by atoms with Crippen LogP contribution < -0.4 is 9.47 Å². The molecule has 4 nitrogen and oxygen atoms in total. The van der Waals surface area contributed by atoms with Gasteiger partial charge >= 0.3 is 0 Å². The van der Waals surface area contributed by atoms with E-state index < -0.39 is 0 Å². The highest BCUT2D eigenvalue weighted by molar-refractivity contribution is 5.40. The van der Waals surface area contributed by atoms with E-state index in [2.05, 4.69) is 20.8 Å². The first-order valence-electron chi connectivity index (χ1n) is 7.71. The summed E-state index contributed by atoms with van der Waals surface area (Å²) in [5.41, 5.74) is 0.719. The summed E-state index contributed by atoms with van der Waals surface area (Å²) in [7, 11) is 0. The minimum atomic E-state index is -0.0556. The molecule has 0 saturated carbocycles. The molecule has 1 unspecified atom stereocenters. The maximum atomic E-state index is 9.41. The number of ether oxygens (including phenoxy) is 3. The average molecular weight is 294 g/mol. The Morgan fingerprint density at radius 1 is 1.33 bits per heavy atom. The van der Waals surface area contributed by atoms with Gasteiger partial charge in [0.25, 0.3) is 0 Å². The zero-order chi connectivity index (χ0) is 15.3. The predicted molar refractivity (Wildman–Crippen MR) is 81.8 cm³/mol. The molecular weight excluding hydrogens is 268 g/mol. The lowest BCUT2D eigenvalue weighted by Crippen LogP contribution is -2.24. The van der Waals surface area contributed by atoms with E-state index in [0.717, 1.165) is 30.6 Å². The van der Waals surface area contributed by atoms with Crippen molar-refractivity contribution < 1.29 is 19.3 Å². The van der Waals surface area contributed by atoms with Crippen LogP contribution in [-0.4, -0.2) is 30.0 Å². The lowest BCUT2D eigenvalue weighted by atomic mass is 10.1. The Bertz CT molecular complexity index is 456. The third-order valence-corrected chi connectivity index (χ3v) is 3.66. The zero-order valence-corrected chi connectivity index (χ0v) is 13.2. The molecule has 1 aliphatic heterocycles. The molecule has 1 atom stereocenters. The van der Waals surface area contributed by atoms with Crippen LogP contribution in [0.15, 0.2) is 18.2 Å². The summed E-state index contributed by atoms with van der Waals surface area (Å²) in [6.07, 6.45) is 3.14. The second-order valence-corrected chi connectivity index (χ2v) is 6.13. The number of rotatable bonds is 7. The predicted octanol–water partition coefficient (Wildman–Crippen LogP) is 3.30. The minimum Gasteiger partial charge on any atom is -0.493 e. The summed E-state index contributed by atoms with van der Waals surface area (Å²) in [5.74, 6) is 1.45. The van der Waals surface area contributed by atoms with Crippen LogP contribution >= 0.6 is 0 Å². The third kappa shape index (κ3) is 4.61. The summed E-state index contributed by atoms with van der Waals surface area (Å²) < 4.78 is 17.4. The van der Waals surface area contributed by atoms with E-state index in [1.165, 1.54) is 0 Å². The van der Waals surface area contributed by atoms with Gasteiger partial charge in [0.1, 0.15) is 18.1 Å². The van der Waals surface area contributed by atoms with Crippen molar-refractivity contribution in [2.75, 3.05) is 13.2 Å². The topological polar surface area (TPSA) is 47.9 Å². The van der Waals surface area contributed by atoms with Gasteiger partial charge in [-0.15, -0.1) is 0 Å². The van der Waals surface area contributed by atoms with Crippen molar-refractivity contribution in [3.05, 3.63) is 23.8 Å². The molecule has 0 bridgehead atoms. The minimum absolute atomic E-state index is 0.0413. The highest BCUT2D eigenvalue weighted by Gasteiger charge is 2.32. The first-order valence-corrected chi connectivity index (χ1v) is 7.71. The molecule has 1 fully saturated rings. The Morgan fingerprint density at radius 2 is 2.14 bits per heavy atom.